The first-order chi connectivity index (χ1) is 15.2. The van der Waals surface area contributed by atoms with Gasteiger partial charge in [0.15, 0.2) is 11.5 Å². The van der Waals surface area contributed by atoms with Gasteiger partial charge in [-0.25, -0.2) is 5.43 Å². The summed E-state index contributed by atoms with van der Waals surface area (Å²) in [6.45, 7) is 3.01. The van der Waals surface area contributed by atoms with Crippen LogP contribution in [0.15, 0.2) is 77.9 Å². The molecule has 0 saturated carbocycles. The first-order valence-electron chi connectivity index (χ1n) is 10.1. The minimum Gasteiger partial charge on any atom is -0.454 e. The smallest absolute Gasteiger partial charge is 0.271 e. The Hall–Kier alpha value is -4.06. The molecule has 1 aromatic heterocycles. The number of ether oxygens (including phenoxy) is 2. The van der Waals surface area contributed by atoms with E-state index in [9.17, 15) is 4.79 Å². The lowest BCUT2D eigenvalue weighted by Crippen LogP contribution is -2.17. The topological polar surface area (TPSA) is 64.8 Å². The largest absolute Gasteiger partial charge is 0.454 e. The summed E-state index contributed by atoms with van der Waals surface area (Å²) in [6.07, 6.45) is 1.71. The fourth-order valence-electron chi connectivity index (χ4n) is 3.85. The van der Waals surface area contributed by atoms with Crippen LogP contribution in [0, 0.1) is 6.92 Å². The Morgan fingerprint density at radius 3 is 2.68 bits per heavy atom. The van der Waals surface area contributed by atoms with Crippen LogP contribution in [0.25, 0.3) is 10.9 Å². The predicted octanol–water partition coefficient (Wildman–Crippen LogP) is 4.49. The first-order valence-corrected chi connectivity index (χ1v) is 10.1. The van der Waals surface area contributed by atoms with Crippen LogP contribution in [0.1, 0.15) is 27.2 Å². The molecule has 4 aromatic rings. The van der Waals surface area contributed by atoms with Crippen molar-refractivity contribution in [3.05, 3.63) is 95.2 Å². The molecule has 0 bridgehead atoms. The molecule has 0 aliphatic carbocycles. The summed E-state index contributed by atoms with van der Waals surface area (Å²) in [5.74, 6) is 0.901. The van der Waals surface area contributed by atoms with Crippen molar-refractivity contribution in [2.45, 2.75) is 13.5 Å². The van der Waals surface area contributed by atoms with Crippen LogP contribution in [0.2, 0.25) is 0 Å². The molecule has 1 N–H and O–H groups in total. The van der Waals surface area contributed by atoms with Crippen molar-refractivity contribution in [2.24, 2.45) is 5.10 Å². The summed E-state index contributed by atoms with van der Waals surface area (Å²) in [7, 11) is 0. The van der Waals surface area contributed by atoms with Crippen molar-refractivity contribution in [3.63, 3.8) is 0 Å². The van der Waals surface area contributed by atoms with Crippen LogP contribution >= 0.6 is 0 Å². The van der Waals surface area contributed by atoms with E-state index in [0.717, 1.165) is 28.7 Å². The molecule has 6 heteroatoms. The molecule has 154 valence electrons. The van der Waals surface area contributed by atoms with E-state index in [4.69, 9.17) is 9.47 Å². The van der Waals surface area contributed by atoms with Crippen molar-refractivity contribution in [2.75, 3.05) is 6.79 Å². The standard InChI is InChI=1S/C25H21N3O3/c1-17-21(14-26-27-25(29)19-11-12-23-24(13-19)31-16-30-23)20-9-5-6-10-22(20)28(17)15-18-7-3-2-4-8-18/h2-14H,15-16H2,1H3,(H,27,29)/b26-14-. The molecule has 0 atom stereocenters. The minimum atomic E-state index is -0.305. The van der Waals surface area contributed by atoms with Crippen LogP contribution in [0.4, 0.5) is 0 Å². The molecule has 0 saturated heterocycles. The van der Waals surface area contributed by atoms with Gasteiger partial charge >= 0.3 is 0 Å². The molecule has 0 fully saturated rings. The average Bonchev–Trinajstić information content (AvgIpc) is 3.38. The molecule has 2 heterocycles. The summed E-state index contributed by atoms with van der Waals surface area (Å²) in [6, 6.07) is 23.6. The molecule has 1 amide bonds. The van der Waals surface area contributed by atoms with Gasteiger partial charge in [0.1, 0.15) is 0 Å². The van der Waals surface area contributed by atoms with Gasteiger partial charge in [-0.05, 0) is 36.8 Å². The number of amides is 1. The number of fused-ring (bicyclic) bond motifs is 2. The maximum Gasteiger partial charge on any atom is 0.271 e. The lowest BCUT2D eigenvalue weighted by molar-refractivity contribution is 0.0954. The van der Waals surface area contributed by atoms with E-state index < -0.39 is 0 Å². The second kappa shape index (κ2) is 7.99. The lowest BCUT2D eigenvalue weighted by atomic mass is 10.1. The second-order valence-corrected chi connectivity index (χ2v) is 7.36. The highest BCUT2D eigenvalue weighted by Crippen LogP contribution is 2.32. The highest BCUT2D eigenvalue weighted by molar-refractivity contribution is 6.02. The van der Waals surface area contributed by atoms with Gasteiger partial charge < -0.3 is 14.0 Å². The van der Waals surface area contributed by atoms with Crippen LogP contribution in [0.3, 0.4) is 0 Å². The fraction of sp³-hybridized carbons (Fsp3) is 0.120. The Bertz CT molecular complexity index is 1290. The fourth-order valence-corrected chi connectivity index (χ4v) is 3.85. The first kappa shape index (κ1) is 18.9. The number of hydrogen-bond donors (Lipinski definition) is 1. The Morgan fingerprint density at radius 2 is 1.81 bits per heavy atom. The molecule has 0 unspecified atom stereocenters. The van der Waals surface area contributed by atoms with Gasteiger partial charge in [0.25, 0.3) is 5.91 Å². The molecule has 5 rings (SSSR count). The van der Waals surface area contributed by atoms with Crippen LogP contribution in [-0.2, 0) is 6.54 Å². The second-order valence-electron chi connectivity index (χ2n) is 7.36. The zero-order valence-corrected chi connectivity index (χ0v) is 17.0. The average molecular weight is 411 g/mol. The van der Waals surface area contributed by atoms with Gasteiger partial charge in [-0.1, -0.05) is 48.5 Å². The minimum absolute atomic E-state index is 0.172. The zero-order chi connectivity index (χ0) is 21.2. The normalized spacial score (nSPS) is 12.5. The van der Waals surface area contributed by atoms with Crippen molar-refractivity contribution < 1.29 is 14.3 Å². The van der Waals surface area contributed by atoms with Crippen LogP contribution in [0.5, 0.6) is 11.5 Å². The zero-order valence-electron chi connectivity index (χ0n) is 17.0. The molecule has 6 nitrogen and oxygen atoms in total. The number of carbonyl (C=O) groups is 1. The van der Waals surface area contributed by atoms with E-state index in [0.29, 0.717) is 17.1 Å². The number of aromatic nitrogens is 1. The molecule has 1 aliphatic rings. The van der Waals surface area contributed by atoms with Crippen molar-refractivity contribution in [1.82, 2.24) is 9.99 Å². The number of hydrogen-bond acceptors (Lipinski definition) is 4. The van der Waals surface area contributed by atoms with E-state index in [1.165, 1.54) is 5.56 Å². The number of hydrazone groups is 1. The van der Waals surface area contributed by atoms with Crippen molar-refractivity contribution in [3.8, 4) is 11.5 Å². The van der Waals surface area contributed by atoms with E-state index >= 15 is 0 Å². The summed E-state index contributed by atoms with van der Waals surface area (Å²) in [5, 5.41) is 5.33. The summed E-state index contributed by atoms with van der Waals surface area (Å²) in [4.78, 5) is 12.5. The predicted molar refractivity (Wildman–Crippen MR) is 120 cm³/mol. The Kier molecular flexibility index (Phi) is 4.88. The monoisotopic (exact) mass is 411 g/mol. The quantitative estimate of drug-likeness (QED) is 0.389. The van der Waals surface area contributed by atoms with Crippen molar-refractivity contribution in [1.29, 1.82) is 0 Å². The highest BCUT2D eigenvalue weighted by atomic mass is 16.7. The summed E-state index contributed by atoms with van der Waals surface area (Å²) in [5.41, 5.74) is 7.51. The van der Waals surface area contributed by atoms with Gasteiger partial charge in [-0.2, -0.15) is 5.10 Å². The summed E-state index contributed by atoms with van der Waals surface area (Å²) < 4.78 is 12.9. The van der Waals surface area contributed by atoms with E-state index in [-0.39, 0.29) is 12.7 Å². The Balaban J connectivity index is 1.40. The maximum atomic E-state index is 12.5. The van der Waals surface area contributed by atoms with Crippen molar-refractivity contribution >= 4 is 23.0 Å². The van der Waals surface area contributed by atoms with Gasteiger partial charge in [0.05, 0.1) is 6.21 Å². The number of rotatable bonds is 5. The van der Waals surface area contributed by atoms with E-state index in [2.05, 4.69) is 46.3 Å². The third kappa shape index (κ3) is 3.64. The molecule has 0 spiro atoms. The third-order valence-corrected chi connectivity index (χ3v) is 5.46. The van der Waals surface area contributed by atoms with Gasteiger partial charge in [-0.3, -0.25) is 4.79 Å². The SMILES string of the molecule is Cc1c(/C=N\NC(=O)c2ccc3c(c2)OCO3)c2ccccc2n1Cc1ccccc1. The number of nitrogens with one attached hydrogen (secondary N) is 1. The van der Waals surface area contributed by atoms with E-state index in [1.54, 1.807) is 24.4 Å². The maximum absolute atomic E-state index is 12.5. The number of nitrogens with zero attached hydrogens (tertiary/aromatic N) is 2. The van der Waals surface area contributed by atoms with Gasteiger partial charge in [0.2, 0.25) is 6.79 Å². The van der Waals surface area contributed by atoms with Gasteiger partial charge in [0, 0.05) is 34.3 Å². The van der Waals surface area contributed by atoms with Crippen LogP contribution in [-0.4, -0.2) is 23.5 Å². The lowest BCUT2D eigenvalue weighted by Gasteiger charge is -2.08. The molecule has 3 aromatic carbocycles. The van der Waals surface area contributed by atoms with Crippen LogP contribution < -0.4 is 14.9 Å². The Labute approximate surface area is 179 Å². The third-order valence-electron chi connectivity index (χ3n) is 5.46. The molecule has 0 radical (unpaired) electrons. The number of benzene rings is 3. The van der Waals surface area contributed by atoms with E-state index in [1.807, 2.05) is 30.3 Å². The Morgan fingerprint density at radius 1 is 1.03 bits per heavy atom. The molecule has 31 heavy (non-hydrogen) atoms. The molecule has 1 aliphatic heterocycles. The highest BCUT2D eigenvalue weighted by Gasteiger charge is 2.16. The molecular formula is C25H21N3O3. The van der Waals surface area contributed by atoms with Gasteiger partial charge in [-0.15, -0.1) is 0 Å². The summed E-state index contributed by atoms with van der Waals surface area (Å²) >= 11 is 0. The number of para-hydroxylation sites is 1. The number of carbonyl (C=O) groups excluding carboxylic acids is 1. The molecular weight excluding hydrogens is 390 g/mol.